The van der Waals surface area contributed by atoms with Crippen molar-refractivity contribution in [3.8, 4) is 0 Å². The molecule has 0 bridgehead atoms. The summed E-state index contributed by atoms with van der Waals surface area (Å²) in [6.07, 6.45) is 0. The number of nitrogens with zero attached hydrogens (tertiary/aromatic N) is 4. The summed E-state index contributed by atoms with van der Waals surface area (Å²) in [5.74, 6) is 0. The molecule has 2 rings (SSSR count). The van der Waals surface area contributed by atoms with Crippen LogP contribution in [0.4, 0.5) is 11.4 Å². The highest BCUT2D eigenvalue weighted by Gasteiger charge is 2.06. The Hall–Kier alpha value is -3.82. The molecule has 0 amide bonds. The Morgan fingerprint density at radius 1 is 0.778 bits per heavy atom. The monoisotopic (exact) mass is 372 g/mol. The van der Waals surface area contributed by atoms with E-state index in [1.54, 1.807) is 38.1 Å². The van der Waals surface area contributed by atoms with E-state index in [1.807, 2.05) is 0 Å². The lowest BCUT2D eigenvalue weighted by molar-refractivity contribution is -0.385. The van der Waals surface area contributed by atoms with Crippen LogP contribution in [-0.2, 0) is 9.68 Å². The average Bonchev–Trinajstić information content (AvgIpc) is 2.67. The molecule has 0 saturated heterocycles. The van der Waals surface area contributed by atoms with Crippen LogP contribution in [0.5, 0.6) is 0 Å². The summed E-state index contributed by atoms with van der Waals surface area (Å²) in [4.78, 5) is 30.3. The first-order valence-electron chi connectivity index (χ1n) is 7.71. The van der Waals surface area contributed by atoms with E-state index in [9.17, 15) is 20.2 Å². The van der Waals surface area contributed by atoms with Crippen LogP contribution in [0.1, 0.15) is 25.0 Å². The lowest BCUT2D eigenvalue weighted by Gasteiger charge is -2.03. The van der Waals surface area contributed by atoms with E-state index < -0.39 is 9.85 Å². The number of nitro groups is 2. The molecular weight excluding hydrogens is 356 g/mol. The van der Waals surface area contributed by atoms with Gasteiger partial charge in [0.2, 0.25) is 0 Å². The Kier molecular flexibility index (Phi) is 6.53. The van der Waals surface area contributed by atoms with E-state index in [-0.39, 0.29) is 18.2 Å². The van der Waals surface area contributed by atoms with Crippen molar-refractivity contribution in [1.82, 2.24) is 0 Å². The molecule has 0 fully saturated rings. The molecule has 0 aliphatic heterocycles. The highest BCUT2D eigenvalue weighted by atomic mass is 16.8. The average molecular weight is 372 g/mol. The Morgan fingerprint density at radius 3 is 1.41 bits per heavy atom. The van der Waals surface area contributed by atoms with Crippen molar-refractivity contribution in [2.24, 2.45) is 10.3 Å². The van der Waals surface area contributed by atoms with Crippen molar-refractivity contribution in [2.45, 2.75) is 13.8 Å². The molecule has 0 atom stereocenters. The predicted octanol–water partition coefficient (Wildman–Crippen LogP) is 3.64. The smallest absolute Gasteiger partial charge is 0.280 e. The highest BCUT2D eigenvalue weighted by Crippen LogP contribution is 2.13. The van der Waals surface area contributed by atoms with Gasteiger partial charge in [-0.25, -0.2) is 0 Å². The summed E-state index contributed by atoms with van der Waals surface area (Å²) in [5.41, 5.74) is 2.37. The fourth-order valence-corrected chi connectivity index (χ4v) is 2.02. The van der Waals surface area contributed by atoms with E-state index in [0.29, 0.717) is 22.6 Å². The van der Waals surface area contributed by atoms with E-state index in [0.717, 1.165) is 0 Å². The number of benzene rings is 2. The van der Waals surface area contributed by atoms with Crippen LogP contribution in [0.25, 0.3) is 0 Å². The maximum Gasteiger partial charge on any atom is 0.280 e. The molecule has 10 heteroatoms. The van der Waals surface area contributed by atoms with Crippen LogP contribution < -0.4 is 0 Å². The van der Waals surface area contributed by atoms with Crippen molar-refractivity contribution in [3.63, 3.8) is 0 Å². The fraction of sp³-hybridized carbons (Fsp3) is 0.176. The van der Waals surface area contributed by atoms with Gasteiger partial charge in [-0.15, -0.1) is 0 Å². The summed E-state index contributed by atoms with van der Waals surface area (Å²) in [6, 6.07) is 11.8. The van der Waals surface area contributed by atoms with Gasteiger partial charge in [-0.1, -0.05) is 10.3 Å². The Morgan fingerprint density at radius 2 is 1.11 bits per heavy atom. The second-order valence-corrected chi connectivity index (χ2v) is 5.34. The van der Waals surface area contributed by atoms with E-state index in [1.165, 1.54) is 24.3 Å². The summed E-state index contributed by atoms with van der Waals surface area (Å²) in [7, 11) is 0. The van der Waals surface area contributed by atoms with Gasteiger partial charge in [-0.3, -0.25) is 20.2 Å². The van der Waals surface area contributed by atoms with Gasteiger partial charge in [0.25, 0.3) is 18.2 Å². The normalized spacial score (nSPS) is 11.8. The zero-order valence-electron chi connectivity index (χ0n) is 14.6. The molecule has 0 saturated carbocycles. The first-order valence-corrected chi connectivity index (χ1v) is 7.71. The van der Waals surface area contributed by atoms with E-state index >= 15 is 0 Å². The van der Waals surface area contributed by atoms with Gasteiger partial charge in [0.15, 0.2) is 0 Å². The van der Waals surface area contributed by atoms with Gasteiger partial charge in [-0.05, 0) is 49.2 Å². The zero-order chi connectivity index (χ0) is 19.8. The molecular formula is C17H16N4O6. The third-order valence-electron chi connectivity index (χ3n) is 3.50. The number of hydrogen-bond donors (Lipinski definition) is 0. The van der Waals surface area contributed by atoms with Crippen LogP contribution in [0.15, 0.2) is 58.8 Å². The molecule has 27 heavy (non-hydrogen) atoms. The molecule has 0 spiro atoms. The minimum Gasteiger partial charge on any atom is -0.352 e. The SMILES string of the molecule is C/C(=N\OCO/N=C(\C)c1ccc([N+](=O)[O-])cc1)c1ccc([N+](=O)[O-])cc1. The first-order chi connectivity index (χ1) is 12.9. The highest BCUT2D eigenvalue weighted by molar-refractivity contribution is 5.98. The standard InChI is InChI=1S/C17H16N4O6/c1-12(14-3-7-16(8-4-14)20(22)23)18-26-11-27-19-13(2)15-5-9-17(10-6-15)21(24)25/h3-10H,11H2,1-2H3/b18-12+,19-13+. The van der Waals surface area contributed by atoms with Gasteiger partial charge in [0.05, 0.1) is 21.3 Å². The zero-order valence-corrected chi connectivity index (χ0v) is 14.6. The van der Waals surface area contributed by atoms with Crippen LogP contribution in [0.3, 0.4) is 0 Å². The van der Waals surface area contributed by atoms with Crippen LogP contribution in [0, 0.1) is 20.2 Å². The Balaban J connectivity index is 1.86. The molecule has 10 nitrogen and oxygen atoms in total. The van der Waals surface area contributed by atoms with E-state index in [4.69, 9.17) is 9.68 Å². The van der Waals surface area contributed by atoms with Crippen molar-refractivity contribution in [2.75, 3.05) is 6.79 Å². The van der Waals surface area contributed by atoms with Crippen molar-refractivity contribution < 1.29 is 19.5 Å². The van der Waals surface area contributed by atoms with Gasteiger partial charge in [0.1, 0.15) is 0 Å². The number of nitro benzene ring substituents is 2. The summed E-state index contributed by atoms with van der Waals surface area (Å²) in [6.45, 7) is 3.13. The summed E-state index contributed by atoms with van der Waals surface area (Å²) >= 11 is 0. The minimum atomic E-state index is -0.480. The maximum absolute atomic E-state index is 10.6. The number of non-ortho nitro benzene ring substituents is 2. The number of oxime groups is 2. The van der Waals surface area contributed by atoms with Crippen LogP contribution >= 0.6 is 0 Å². The summed E-state index contributed by atoms with van der Waals surface area (Å²) < 4.78 is 0. The van der Waals surface area contributed by atoms with Gasteiger partial charge in [0, 0.05) is 24.3 Å². The largest absolute Gasteiger partial charge is 0.352 e. The molecule has 2 aromatic carbocycles. The number of hydrogen-bond acceptors (Lipinski definition) is 8. The second kappa shape index (κ2) is 9.04. The predicted molar refractivity (Wildman–Crippen MR) is 97.7 cm³/mol. The van der Waals surface area contributed by atoms with Crippen LogP contribution in [-0.4, -0.2) is 28.1 Å². The van der Waals surface area contributed by atoms with E-state index in [2.05, 4.69) is 10.3 Å². The van der Waals surface area contributed by atoms with Crippen molar-refractivity contribution >= 4 is 22.8 Å². The summed E-state index contributed by atoms with van der Waals surface area (Å²) in [5, 5.41) is 28.9. The Bertz CT molecular complexity index is 802. The number of rotatable bonds is 8. The lowest BCUT2D eigenvalue weighted by Crippen LogP contribution is -2.01. The fourth-order valence-electron chi connectivity index (χ4n) is 2.02. The van der Waals surface area contributed by atoms with Gasteiger partial charge >= 0.3 is 0 Å². The molecule has 0 aliphatic carbocycles. The van der Waals surface area contributed by atoms with Crippen molar-refractivity contribution in [1.29, 1.82) is 0 Å². The van der Waals surface area contributed by atoms with Crippen LogP contribution in [0.2, 0.25) is 0 Å². The van der Waals surface area contributed by atoms with Gasteiger partial charge < -0.3 is 9.68 Å². The molecule has 2 aromatic rings. The van der Waals surface area contributed by atoms with Crippen molar-refractivity contribution in [3.05, 3.63) is 79.9 Å². The quantitative estimate of drug-likeness (QED) is 0.229. The molecule has 0 N–H and O–H groups in total. The molecule has 0 aromatic heterocycles. The second-order valence-electron chi connectivity index (χ2n) is 5.34. The third-order valence-corrected chi connectivity index (χ3v) is 3.50. The molecule has 0 aliphatic rings. The molecule has 140 valence electrons. The maximum atomic E-state index is 10.6. The molecule has 0 heterocycles. The minimum absolute atomic E-state index is 0.00754. The molecule has 0 unspecified atom stereocenters. The topological polar surface area (TPSA) is 129 Å². The first kappa shape index (κ1) is 19.5. The third kappa shape index (κ3) is 5.59. The lowest BCUT2D eigenvalue weighted by atomic mass is 10.1. The Labute approximate surface area is 154 Å². The van der Waals surface area contributed by atoms with Gasteiger partial charge in [-0.2, -0.15) is 0 Å². The molecule has 0 radical (unpaired) electrons.